The summed E-state index contributed by atoms with van der Waals surface area (Å²) in [6.45, 7) is 1.96. The van der Waals surface area contributed by atoms with Gasteiger partial charge in [0.15, 0.2) is 5.82 Å². The molecule has 3 N–H and O–H groups in total. The van der Waals surface area contributed by atoms with E-state index in [4.69, 9.17) is 5.73 Å². The van der Waals surface area contributed by atoms with Gasteiger partial charge < -0.3 is 11.1 Å². The first-order valence-corrected chi connectivity index (χ1v) is 6.48. The van der Waals surface area contributed by atoms with Crippen molar-refractivity contribution < 1.29 is 4.79 Å². The van der Waals surface area contributed by atoms with Crippen molar-refractivity contribution in [2.75, 3.05) is 5.32 Å². The van der Waals surface area contributed by atoms with Gasteiger partial charge in [-0.3, -0.25) is 4.79 Å². The minimum Gasteiger partial charge on any atom is -0.327 e. The van der Waals surface area contributed by atoms with E-state index in [0.29, 0.717) is 17.9 Å². The molecule has 0 radical (unpaired) electrons. The van der Waals surface area contributed by atoms with Gasteiger partial charge in [0.25, 0.3) is 0 Å². The van der Waals surface area contributed by atoms with Crippen LogP contribution in [0.25, 0.3) is 11.4 Å². The molecule has 0 fully saturated rings. The van der Waals surface area contributed by atoms with E-state index < -0.39 is 0 Å². The van der Waals surface area contributed by atoms with Crippen LogP contribution in [0.4, 0.5) is 5.69 Å². The molecule has 1 atom stereocenters. The van der Waals surface area contributed by atoms with Gasteiger partial charge in [0.1, 0.15) is 0 Å². The molecule has 0 spiro atoms. The number of carbonyl (C=O) groups is 1. The van der Waals surface area contributed by atoms with Crippen LogP contribution in [0.3, 0.4) is 0 Å². The molecule has 1 aromatic carbocycles. The van der Waals surface area contributed by atoms with Crippen LogP contribution in [0.5, 0.6) is 0 Å². The molecule has 0 aliphatic rings. The minimum atomic E-state index is -0.110. The van der Waals surface area contributed by atoms with Crippen LogP contribution in [0, 0.1) is 0 Å². The molecule has 1 heterocycles. The van der Waals surface area contributed by atoms with E-state index in [9.17, 15) is 4.79 Å². The first-order valence-electron chi connectivity index (χ1n) is 6.48. The van der Waals surface area contributed by atoms with Crippen molar-refractivity contribution in [3.63, 3.8) is 0 Å². The number of benzene rings is 1. The van der Waals surface area contributed by atoms with E-state index in [1.54, 1.807) is 11.7 Å². The van der Waals surface area contributed by atoms with E-state index in [2.05, 4.69) is 20.8 Å². The fourth-order valence-corrected chi connectivity index (χ4v) is 1.80. The predicted octanol–water partition coefficient (Wildman–Crippen LogP) is 0.943. The van der Waals surface area contributed by atoms with Crippen molar-refractivity contribution in [1.82, 2.24) is 20.2 Å². The Kier molecular flexibility index (Phi) is 4.41. The van der Waals surface area contributed by atoms with E-state index in [-0.39, 0.29) is 11.9 Å². The Labute approximate surface area is 117 Å². The number of hydrogen-bond donors (Lipinski definition) is 2. The average Bonchev–Trinajstić information content (AvgIpc) is 2.85. The number of carbonyl (C=O) groups excluding carboxylic acids is 1. The van der Waals surface area contributed by atoms with Crippen molar-refractivity contribution in [3.05, 3.63) is 24.3 Å². The molecule has 7 heteroatoms. The van der Waals surface area contributed by atoms with Crippen molar-refractivity contribution in [3.8, 4) is 11.4 Å². The summed E-state index contributed by atoms with van der Waals surface area (Å²) in [6.07, 6.45) is 1.09. The Balaban J connectivity index is 2.11. The number of nitrogens with one attached hydrogen (secondary N) is 1. The van der Waals surface area contributed by atoms with Gasteiger partial charge in [-0.05, 0) is 29.0 Å². The number of hydrogen-bond acceptors (Lipinski definition) is 5. The Morgan fingerprint density at radius 2 is 2.30 bits per heavy atom. The quantitative estimate of drug-likeness (QED) is 0.845. The molecule has 0 bridgehead atoms. The molecular formula is C13H18N6O. The van der Waals surface area contributed by atoms with Crippen LogP contribution in [0.1, 0.15) is 19.8 Å². The summed E-state index contributed by atoms with van der Waals surface area (Å²) in [5.41, 5.74) is 7.31. The van der Waals surface area contributed by atoms with Gasteiger partial charge in [-0.2, -0.15) is 0 Å². The number of rotatable bonds is 5. The van der Waals surface area contributed by atoms with Crippen LogP contribution in [-0.2, 0) is 11.8 Å². The van der Waals surface area contributed by atoms with Gasteiger partial charge in [0.2, 0.25) is 5.91 Å². The zero-order valence-corrected chi connectivity index (χ0v) is 11.6. The normalized spacial score (nSPS) is 12.2. The van der Waals surface area contributed by atoms with Crippen LogP contribution in [0.2, 0.25) is 0 Å². The zero-order valence-electron chi connectivity index (χ0n) is 11.6. The van der Waals surface area contributed by atoms with E-state index >= 15 is 0 Å². The maximum Gasteiger partial charge on any atom is 0.225 e. The Morgan fingerprint density at radius 3 is 2.95 bits per heavy atom. The fraction of sp³-hybridized carbons (Fsp3) is 0.385. The van der Waals surface area contributed by atoms with Crippen molar-refractivity contribution in [2.24, 2.45) is 12.8 Å². The number of nitrogens with zero attached hydrogens (tertiary/aromatic N) is 4. The van der Waals surface area contributed by atoms with Crippen molar-refractivity contribution >= 4 is 11.6 Å². The first kappa shape index (κ1) is 14.1. The number of nitrogens with two attached hydrogens (primary N) is 1. The predicted molar refractivity (Wildman–Crippen MR) is 75.7 cm³/mol. The van der Waals surface area contributed by atoms with E-state index in [1.807, 2.05) is 31.2 Å². The highest BCUT2D eigenvalue weighted by Crippen LogP contribution is 2.19. The summed E-state index contributed by atoms with van der Waals surface area (Å²) in [4.78, 5) is 11.8. The molecule has 0 saturated carbocycles. The fourth-order valence-electron chi connectivity index (χ4n) is 1.80. The van der Waals surface area contributed by atoms with Gasteiger partial charge >= 0.3 is 0 Å². The zero-order chi connectivity index (χ0) is 14.5. The third-order valence-electron chi connectivity index (χ3n) is 3.00. The smallest absolute Gasteiger partial charge is 0.225 e. The maximum atomic E-state index is 11.8. The summed E-state index contributed by atoms with van der Waals surface area (Å²) in [7, 11) is 1.76. The molecule has 2 aromatic rings. The summed E-state index contributed by atoms with van der Waals surface area (Å²) in [5, 5.41) is 14.2. The maximum absolute atomic E-state index is 11.8. The average molecular weight is 274 g/mol. The van der Waals surface area contributed by atoms with Crippen LogP contribution in [-0.4, -0.2) is 32.2 Å². The topological polar surface area (TPSA) is 98.7 Å². The molecular weight excluding hydrogens is 256 g/mol. The minimum absolute atomic E-state index is 0.0902. The van der Waals surface area contributed by atoms with Gasteiger partial charge in [0.05, 0.1) is 0 Å². The van der Waals surface area contributed by atoms with Crippen LogP contribution >= 0.6 is 0 Å². The van der Waals surface area contributed by atoms with Crippen LogP contribution in [0.15, 0.2) is 24.3 Å². The Bertz CT molecular complexity index is 594. The number of amides is 1. The first-order chi connectivity index (χ1) is 9.60. The second-order valence-corrected chi connectivity index (χ2v) is 4.63. The molecule has 1 amide bonds. The molecule has 0 saturated heterocycles. The third-order valence-corrected chi connectivity index (χ3v) is 3.00. The lowest BCUT2D eigenvalue weighted by Gasteiger charge is -2.10. The number of tetrazole rings is 1. The third kappa shape index (κ3) is 3.39. The van der Waals surface area contributed by atoms with Gasteiger partial charge in [-0.1, -0.05) is 19.1 Å². The SMILES string of the molecule is CCC(N)CC(=O)Nc1cccc(-c2nnnn2C)c1. The molecule has 0 aliphatic heterocycles. The van der Waals surface area contributed by atoms with Crippen molar-refractivity contribution in [2.45, 2.75) is 25.8 Å². The highest BCUT2D eigenvalue weighted by Gasteiger charge is 2.10. The Morgan fingerprint density at radius 1 is 1.50 bits per heavy atom. The number of aryl methyl sites for hydroxylation is 1. The Hall–Kier alpha value is -2.28. The lowest BCUT2D eigenvalue weighted by molar-refractivity contribution is -0.116. The number of anilines is 1. The van der Waals surface area contributed by atoms with Crippen LogP contribution < -0.4 is 11.1 Å². The highest BCUT2D eigenvalue weighted by atomic mass is 16.1. The molecule has 2 rings (SSSR count). The molecule has 7 nitrogen and oxygen atoms in total. The summed E-state index contributed by atoms with van der Waals surface area (Å²) < 4.78 is 1.58. The second kappa shape index (κ2) is 6.25. The molecule has 0 aliphatic carbocycles. The standard InChI is InChI=1S/C13H18N6O/c1-3-10(14)8-12(20)15-11-6-4-5-9(7-11)13-16-17-18-19(13)2/h4-7,10H,3,8,14H2,1-2H3,(H,15,20). The lowest BCUT2D eigenvalue weighted by atomic mass is 10.1. The van der Waals surface area contributed by atoms with Gasteiger partial charge in [-0.15, -0.1) is 5.10 Å². The molecule has 1 aromatic heterocycles. The summed E-state index contributed by atoms with van der Waals surface area (Å²) in [6, 6.07) is 7.28. The lowest BCUT2D eigenvalue weighted by Crippen LogP contribution is -2.26. The monoisotopic (exact) mass is 274 g/mol. The molecule has 106 valence electrons. The van der Waals surface area contributed by atoms with E-state index in [1.165, 1.54) is 0 Å². The van der Waals surface area contributed by atoms with Gasteiger partial charge in [-0.25, -0.2) is 4.68 Å². The second-order valence-electron chi connectivity index (χ2n) is 4.63. The summed E-state index contributed by atoms with van der Waals surface area (Å²) >= 11 is 0. The van der Waals surface area contributed by atoms with Crippen molar-refractivity contribution in [1.29, 1.82) is 0 Å². The molecule has 20 heavy (non-hydrogen) atoms. The highest BCUT2D eigenvalue weighted by molar-refractivity contribution is 5.91. The largest absolute Gasteiger partial charge is 0.327 e. The van der Waals surface area contributed by atoms with Gasteiger partial charge in [0, 0.05) is 30.8 Å². The molecule has 1 unspecified atom stereocenters. The summed E-state index contributed by atoms with van der Waals surface area (Å²) in [5.74, 6) is 0.555. The van der Waals surface area contributed by atoms with E-state index in [0.717, 1.165) is 12.0 Å². The number of aromatic nitrogens is 4.